The number of aromatic nitrogens is 2. The molecule has 0 aliphatic heterocycles. The molecule has 0 bridgehead atoms. The fourth-order valence-corrected chi connectivity index (χ4v) is 1.64. The van der Waals surface area contributed by atoms with Crippen LogP contribution in [0.2, 0.25) is 0 Å². The molecule has 1 atom stereocenters. The Morgan fingerprint density at radius 1 is 1.60 bits per heavy atom. The highest BCUT2D eigenvalue weighted by Gasteiger charge is 2.13. The van der Waals surface area contributed by atoms with Crippen molar-refractivity contribution in [2.24, 2.45) is 12.8 Å². The van der Waals surface area contributed by atoms with E-state index in [1.807, 2.05) is 0 Å². The minimum absolute atomic E-state index is 0.146. The van der Waals surface area contributed by atoms with Gasteiger partial charge in [0.25, 0.3) is 0 Å². The smallest absolute Gasteiger partial charge is 0.143 e. The van der Waals surface area contributed by atoms with Gasteiger partial charge in [0, 0.05) is 18.8 Å². The van der Waals surface area contributed by atoms with Gasteiger partial charge in [0.15, 0.2) is 0 Å². The van der Waals surface area contributed by atoms with Crippen molar-refractivity contribution >= 4 is 11.0 Å². The van der Waals surface area contributed by atoms with Crippen molar-refractivity contribution in [1.82, 2.24) is 9.55 Å². The average molecular weight is 209 g/mol. The lowest BCUT2D eigenvalue weighted by molar-refractivity contribution is 0.264. The number of pyridine rings is 1. The van der Waals surface area contributed by atoms with E-state index in [-0.39, 0.29) is 12.4 Å². The first-order chi connectivity index (χ1) is 7.13. The zero-order valence-corrected chi connectivity index (χ0v) is 8.31. The number of aryl methyl sites for hydroxylation is 1. The molecule has 0 aromatic carbocycles. The van der Waals surface area contributed by atoms with Crippen LogP contribution in [0.4, 0.5) is 4.39 Å². The summed E-state index contributed by atoms with van der Waals surface area (Å²) < 4.78 is 14.7. The molecule has 0 fully saturated rings. The third-order valence-electron chi connectivity index (χ3n) is 2.47. The van der Waals surface area contributed by atoms with Crippen molar-refractivity contribution in [3.05, 3.63) is 29.8 Å². The molecular formula is C10H12FN3O. The van der Waals surface area contributed by atoms with Crippen molar-refractivity contribution in [2.45, 2.75) is 6.04 Å². The highest BCUT2D eigenvalue weighted by molar-refractivity contribution is 5.77. The molecule has 0 saturated heterocycles. The molecule has 80 valence electrons. The van der Waals surface area contributed by atoms with E-state index in [2.05, 4.69) is 4.98 Å². The highest BCUT2D eigenvalue weighted by atomic mass is 19.1. The van der Waals surface area contributed by atoms with Gasteiger partial charge in [-0.05, 0) is 6.07 Å². The van der Waals surface area contributed by atoms with E-state index >= 15 is 0 Å². The Morgan fingerprint density at radius 3 is 3.00 bits per heavy atom. The van der Waals surface area contributed by atoms with Gasteiger partial charge >= 0.3 is 0 Å². The second-order valence-corrected chi connectivity index (χ2v) is 3.48. The largest absolute Gasteiger partial charge is 0.394 e. The molecule has 3 N–H and O–H groups in total. The summed E-state index contributed by atoms with van der Waals surface area (Å²) in [7, 11) is 1.77. The molecule has 0 amide bonds. The number of aliphatic hydroxyl groups is 1. The Balaban J connectivity index is 2.64. The molecular weight excluding hydrogens is 197 g/mol. The zero-order chi connectivity index (χ0) is 11.0. The van der Waals surface area contributed by atoms with Gasteiger partial charge in [-0.1, -0.05) is 0 Å². The van der Waals surface area contributed by atoms with E-state index < -0.39 is 6.04 Å². The normalized spacial score (nSPS) is 13.3. The number of fused-ring (bicyclic) bond motifs is 1. The third kappa shape index (κ3) is 1.60. The Morgan fingerprint density at radius 2 is 2.33 bits per heavy atom. The zero-order valence-electron chi connectivity index (χ0n) is 8.31. The monoisotopic (exact) mass is 209 g/mol. The number of halogens is 1. The molecule has 15 heavy (non-hydrogen) atoms. The van der Waals surface area contributed by atoms with Crippen molar-refractivity contribution in [3.63, 3.8) is 0 Å². The molecule has 2 rings (SSSR count). The van der Waals surface area contributed by atoms with Crippen LogP contribution in [-0.2, 0) is 7.05 Å². The Hall–Kier alpha value is -1.46. The number of rotatable bonds is 2. The van der Waals surface area contributed by atoms with Gasteiger partial charge in [-0.3, -0.25) is 4.98 Å². The second kappa shape index (κ2) is 3.60. The average Bonchev–Trinajstić information content (AvgIpc) is 2.55. The van der Waals surface area contributed by atoms with Gasteiger partial charge in [-0.15, -0.1) is 0 Å². The molecule has 2 heterocycles. The van der Waals surface area contributed by atoms with Crippen LogP contribution in [0.15, 0.2) is 18.3 Å². The quantitative estimate of drug-likeness (QED) is 0.765. The van der Waals surface area contributed by atoms with Crippen LogP contribution >= 0.6 is 0 Å². The predicted molar refractivity (Wildman–Crippen MR) is 54.7 cm³/mol. The van der Waals surface area contributed by atoms with E-state index in [1.165, 1.54) is 6.07 Å². The van der Waals surface area contributed by atoms with Crippen molar-refractivity contribution < 1.29 is 9.50 Å². The maximum Gasteiger partial charge on any atom is 0.143 e. The fourth-order valence-electron chi connectivity index (χ4n) is 1.64. The summed E-state index contributed by atoms with van der Waals surface area (Å²) in [6, 6.07) is 2.69. The maximum atomic E-state index is 13.0. The first kappa shape index (κ1) is 10.1. The van der Waals surface area contributed by atoms with Gasteiger partial charge in [0.05, 0.1) is 29.9 Å². The summed E-state index contributed by atoms with van der Waals surface area (Å²) in [6.45, 7) is -0.146. The molecule has 0 aliphatic rings. The first-order valence-electron chi connectivity index (χ1n) is 4.61. The third-order valence-corrected chi connectivity index (χ3v) is 2.47. The van der Waals surface area contributed by atoms with E-state index in [4.69, 9.17) is 10.8 Å². The summed E-state index contributed by atoms with van der Waals surface area (Å²) >= 11 is 0. The Labute approximate surface area is 86.1 Å². The van der Waals surface area contributed by atoms with E-state index in [0.717, 1.165) is 11.9 Å². The molecule has 5 heteroatoms. The highest BCUT2D eigenvalue weighted by Crippen LogP contribution is 2.20. The second-order valence-electron chi connectivity index (χ2n) is 3.48. The lowest BCUT2D eigenvalue weighted by Gasteiger charge is -2.09. The topological polar surface area (TPSA) is 64.1 Å². The first-order valence-corrected chi connectivity index (χ1v) is 4.61. The van der Waals surface area contributed by atoms with E-state index in [1.54, 1.807) is 17.7 Å². The molecule has 2 aromatic heterocycles. The lowest BCUT2D eigenvalue weighted by Crippen LogP contribution is -2.17. The number of nitrogens with zero attached hydrogens (tertiary/aromatic N) is 2. The van der Waals surface area contributed by atoms with Crippen LogP contribution in [0, 0.1) is 5.82 Å². The number of hydrogen-bond acceptors (Lipinski definition) is 3. The van der Waals surface area contributed by atoms with Crippen LogP contribution < -0.4 is 5.73 Å². The maximum absolute atomic E-state index is 13.0. The van der Waals surface area contributed by atoms with Gasteiger partial charge in [-0.2, -0.15) is 0 Å². The van der Waals surface area contributed by atoms with Gasteiger partial charge in [0.2, 0.25) is 0 Å². The molecule has 0 spiro atoms. The minimum atomic E-state index is -0.465. The molecule has 2 aromatic rings. The molecule has 1 unspecified atom stereocenters. The van der Waals surface area contributed by atoms with Crippen LogP contribution in [0.25, 0.3) is 11.0 Å². The molecule has 0 aliphatic carbocycles. The summed E-state index contributed by atoms with van der Waals surface area (Å²) in [5.41, 5.74) is 7.80. The summed E-state index contributed by atoms with van der Waals surface area (Å²) in [6.07, 6.45) is 1.16. The van der Waals surface area contributed by atoms with Crippen molar-refractivity contribution in [3.8, 4) is 0 Å². The number of hydrogen-bond donors (Lipinski definition) is 2. The number of aliphatic hydroxyl groups excluding tert-OH is 1. The van der Waals surface area contributed by atoms with Crippen molar-refractivity contribution in [2.75, 3.05) is 6.61 Å². The Kier molecular flexibility index (Phi) is 2.42. The lowest BCUT2D eigenvalue weighted by atomic mass is 10.2. The van der Waals surface area contributed by atoms with Crippen LogP contribution in [0.5, 0.6) is 0 Å². The van der Waals surface area contributed by atoms with E-state index in [0.29, 0.717) is 11.0 Å². The van der Waals surface area contributed by atoms with Crippen LogP contribution in [0.1, 0.15) is 11.7 Å². The van der Waals surface area contributed by atoms with Crippen LogP contribution in [-0.4, -0.2) is 21.3 Å². The summed E-state index contributed by atoms with van der Waals surface area (Å²) in [4.78, 5) is 3.95. The van der Waals surface area contributed by atoms with E-state index in [9.17, 15) is 4.39 Å². The predicted octanol–water partition coefficient (Wildman–Crippen LogP) is 0.704. The Bertz CT molecular complexity index is 495. The fraction of sp³-hybridized carbons (Fsp3) is 0.300. The summed E-state index contributed by atoms with van der Waals surface area (Å²) in [5, 5.41) is 8.96. The molecule has 0 saturated carbocycles. The number of nitrogens with two attached hydrogens (primary N) is 1. The molecule has 4 nitrogen and oxygen atoms in total. The minimum Gasteiger partial charge on any atom is -0.394 e. The van der Waals surface area contributed by atoms with Gasteiger partial charge < -0.3 is 15.4 Å². The van der Waals surface area contributed by atoms with Gasteiger partial charge in [0.1, 0.15) is 5.82 Å². The SMILES string of the molecule is Cn1c(C(N)CO)cc2ncc(F)cc21. The van der Waals surface area contributed by atoms with Gasteiger partial charge in [-0.25, -0.2) is 4.39 Å². The summed E-state index contributed by atoms with van der Waals surface area (Å²) in [5.74, 6) is -0.382. The molecule has 0 radical (unpaired) electrons. The van der Waals surface area contributed by atoms with Crippen LogP contribution in [0.3, 0.4) is 0 Å². The standard InChI is InChI=1S/C10H12FN3O/c1-14-9(7(12)5-15)3-8-10(14)2-6(11)4-13-8/h2-4,7,15H,5,12H2,1H3. The van der Waals surface area contributed by atoms with Crippen molar-refractivity contribution in [1.29, 1.82) is 0 Å².